The van der Waals surface area contributed by atoms with E-state index < -0.39 is 0 Å². The van der Waals surface area contributed by atoms with E-state index in [-0.39, 0.29) is 5.78 Å². The molecule has 0 atom stereocenters. The molecule has 1 fully saturated rings. The van der Waals surface area contributed by atoms with Crippen molar-refractivity contribution in [3.8, 4) is 11.5 Å². The molecule has 0 unspecified atom stereocenters. The number of carbonyl (C=O) groups is 1. The smallest absolute Gasteiger partial charge is 0.179 e. The molecule has 9 nitrogen and oxygen atoms in total. The summed E-state index contributed by atoms with van der Waals surface area (Å²) in [6.07, 6.45) is 8.97. The van der Waals surface area contributed by atoms with Crippen LogP contribution in [0.15, 0.2) is 18.7 Å². The molecule has 0 bridgehead atoms. The van der Waals surface area contributed by atoms with Crippen molar-refractivity contribution in [1.82, 2.24) is 39.7 Å². The molecule has 1 N–H and O–H groups in total. The molecule has 1 aliphatic carbocycles. The van der Waals surface area contributed by atoms with Gasteiger partial charge in [-0.25, -0.2) is 19.3 Å². The first-order valence-corrected chi connectivity index (χ1v) is 8.55. The second-order valence-electron chi connectivity index (χ2n) is 6.40. The topological polar surface area (TPSA) is 107 Å². The first kappa shape index (κ1) is 15.7. The van der Waals surface area contributed by atoms with Gasteiger partial charge in [-0.2, -0.15) is 15.3 Å². The Morgan fingerprint density at radius 2 is 2.16 bits per heavy atom. The van der Waals surface area contributed by atoms with Gasteiger partial charge in [0.15, 0.2) is 17.4 Å². The summed E-state index contributed by atoms with van der Waals surface area (Å²) in [6.45, 7) is 1.97. The molecule has 0 aromatic carbocycles. The average molecular weight is 340 g/mol. The van der Waals surface area contributed by atoms with E-state index in [0.29, 0.717) is 35.6 Å². The Balaban J connectivity index is 1.71. The Kier molecular flexibility index (Phi) is 4.12. The van der Waals surface area contributed by atoms with Gasteiger partial charge in [0.25, 0.3) is 0 Å². The van der Waals surface area contributed by atoms with Crippen molar-refractivity contribution in [3.05, 3.63) is 30.2 Å². The zero-order valence-corrected chi connectivity index (χ0v) is 14.1. The average Bonchev–Trinajstić information content (AvgIpc) is 3.36. The zero-order chi connectivity index (χ0) is 17.2. The molecule has 3 aromatic heterocycles. The van der Waals surface area contributed by atoms with E-state index in [9.17, 15) is 4.79 Å². The number of hydrogen-bond acceptors (Lipinski definition) is 6. The van der Waals surface area contributed by atoms with Crippen molar-refractivity contribution in [2.75, 3.05) is 0 Å². The fourth-order valence-electron chi connectivity index (χ4n) is 3.27. The second kappa shape index (κ2) is 6.58. The highest BCUT2D eigenvalue weighted by atomic mass is 16.1. The van der Waals surface area contributed by atoms with E-state index in [2.05, 4.69) is 25.3 Å². The molecule has 0 saturated heterocycles. The van der Waals surface area contributed by atoms with E-state index in [4.69, 9.17) is 5.10 Å². The number of ketones is 1. The van der Waals surface area contributed by atoms with Crippen LogP contribution in [-0.2, 0) is 6.54 Å². The maximum absolute atomic E-state index is 11.6. The summed E-state index contributed by atoms with van der Waals surface area (Å²) in [4.78, 5) is 20.2. The third-order valence-corrected chi connectivity index (χ3v) is 4.55. The Bertz CT molecular complexity index is 857. The van der Waals surface area contributed by atoms with Gasteiger partial charge in [0.2, 0.25) is 0 Å². The number of rotatable bonds is 5. The summed E-state index contributed by atoms with van der Waals surface area (Å²) < 4.78 is 3.67. The normalized spacial score (nSPS) is 15.6. The lowest BCUT2D eigenvalue weighted by atomic mass is 9.95. The number of nitrogens with zero attached hydrogens (tertiary/aromatic N) is 7. The van der Waals surface area contributed by atoms with Gasteiger partial charge in [0.1, 0.15) is 30.6 Å². The van der Waals surface area contributed by atoms with Gasteiger partial charge in [0, 0.05) is 6.92 Å². The molecular weight excluding hydrogens is 320 g/mol. The molecule has 3 heterocycles. The van der Waals surface area contributed by atoms with Crippen LogP contribution in [0.4, 0.5) is 0 Å². The summed E-state index contributed by atoms with van der Waals surface area (Å²) in [5.41, 5.74) is 1.12. The number of hydrogen-bond donors (Lipinski definition) is 1. The van der Waals surface area contributed by atoms with Crippen molar-refractivity contribution in [2.24, 2.45) is 0 Å². The molecule has 25 heavy (non-hydrogen) atoms. The van der Waals surface area contributed by atoms with Crippen LogP contribution in [0.3, 0.4) is 0 Å². The van der Waals surface area contributed by atoms with Gasteiger partial charge in [-0.15, -0.1) is 0 Å². The summed E-state index contributed by atoms with van der Waals surface area (Å²) in [6, 6.07) is 2.06. The van der Waals surface area contributed by atoms with Gasteiger partial charge in [-0.05, 0) is 18.9 Å². The molecule has 130 valence electrons. The minimum absolute atomic E-state index is 0.0506. The van der Waals surface area contributed by atoms with Gasteiger partial charge in [-0.1, -0.05) is 19.3 Å². The van der Waals surface area contributed by atoms with E-state index >= 15 is 0 Å². The summed E-state index contributed by atoms with van der Waals surface area (Å²) in [5, 5.41) is 15.9. The van der Waals surface area contributed by atoms with Crippen LogP contribution in [-0.4, -0.2) is 45.5 Å². The summed E-state index contributed by atoms with van der Waals surface area (Å²) in [7, 11) is 0. The molecule has 1 aliphatic rings. The lowest BCUT2D eigenvalue weighted by molar-refractivity contribution is 0.101. The van der Waals surface area contributed by atoms with Crippen LogP contribution in [0, 0.1) is 0 Å². The number of H-pyrrole nitrogens is 1. The molecule has 0 radical (unpaired) electrons. The lowest BCUT2D eigenvalue weighted by Crippen LogP contribution is -2.16. The standard InChI is InChI=1S/C16H20N8O/c1-11(25)13-7-14(21-20-13)16-19-15(8-23-10-17-9-18-23)22-24(16)12-5-3-2-4-6-12/h7,9-10,12H,2-6,8H2,1H3,(H,20,21). The number of nitrogens with one attached hydrogen (secondary N) is 1. The fourth-order valence-corrected chi connectivity index (χ4v) is 3.27. The van der Waals surface area contributed by atoms with Crippen LogP contribution in [0.25, 0.3) is 11.5 Å². The zero-order valence-electron chi connectivity index (χ0n) is 14.1. The highest BCUT2D eigenvalue weighted by Gasteiger charge is 2.23. The Hall–Kier alpha value is -2.84. The van der Waals surface area contributed by atoms with Crippen molar-refractivity contribution in [1.29, 1.82) is 0 Å². The quantitative estimate of drug-likeness (QED) is 0.712. The van der Waals surface area contributed by atoms with Crippen LogP contribution >= 0.6 is 0 Å². The monoisotopic (exact) mass is 340 g/mol. The van der Waals surface area contributed by atoms with E-state index in [1.54, 1.807) is 17.1 Å². The van der Waals surface area contributed by atoms with Gasteiger partial charge < -0.3 is 0 Å². The van der Waals surface area contributed by atoms with Gasteiger partial charge in [0.05, 0.1) is 6.04 Å². The van der Waals surface area contributed by atoms with E-state index in [1.807, 2.05) is 4.68 Å². The lowest BCUT2D eigenvalue weighted by Gasteiger charge is -2.22. The maximum atomic E-state index is 11.6. The predicted octanol–water partition coefficient (Wildman–Crippen LogP) is 2.02. The number of Topliss-reactive ketones (excluding diaryl/α,β-unsaturated/α-hetero) is 1. The second-order valence-corrected chi connectivity index (χ2v) is 6.40. The maximum Gasteiger partial charge on any atom is 0.179 e. The molecule has 4 rings (SSSR count). The molecule has 3 aromatic rings. The Morgan fingerprint density at radius 1 is 1.32 bits per heavy atom. The minimum atomic E-state index is -0.0506. The highest BCUT2D eigenvalue weighted by molar-refractivity contribution is 5.92. The van der Waals surface area contributed by atoms with E-state index in [0.717, 1.165) is 12.8 Å². The molecule has 1 saturated carbocycles. The molecule has 0 amide bonds. The van der Waals surface area contributed by atoms with Crippen molar-refractivity contribution in [3.63, 3.8) is 0 Å². The summed E-state index contributed by atoms with van der Waals surface area (Å²) >= 11 is 0. The molecular formula is C16H20N8O. The number of carbonyl (C=O) groups excluding carboxylic acids is 1. The van der Waals surface area contributed by atoms with Crippen LogP contribution in [0.5, 0.6) is 0 Å². The first-order chi connectivity index (χ1) is 12.2. The number of aromatic nitrogens is 8. The highest BCUT2D eigenvalue weighted by Crippen LogP contribution is 2.31. The van der Waals surface area contributed by atoms with Crippen LogP contribution in [0.2, 0.25) is 0 Å². The predicted molar refractivity (Wildman–Crippen MR) is 88.9 cm³/mol. The van der Waals surface area contributed by atoms with Crippen molar-refractivity contribution in [2.45, 2.75) is 51.6 Å². The SMILES string of the molecule is CC(=O)c1cc(-c2nc(Cn3cncn3)nn2C2CCCCC2)n[nH]1. The van der Waals surface area contributed by atoms with Gasteiger partial charge >= 0.3 is 0 Å². The van der Waals surface area contributed by atoms with Crippen molar-refractivity contribution >= 4 is 5.78 Å². The van der Waals surface area contributed by atoms with Crippen molar-refractivity contribution < 1.29 is 4.79 Å². The Morgan fingerprint density at radius 3 is 2.84 bits per heavy atom. The van der Waals surface area contributed by atoms with E-state index in [1.165, 1.54) is 32.5 Å². The van der Waals surface area contributed by atoms with Crippen LogP contribution in [0.1, 0.15) is 61.4 Å². The largest absolute Gasteiger partial charge is 0.293 e. The van der Waals surface area contributed by atoms with Gasteiger partial charge in [-0.3, -0.25) is 9.89 Å². The molecule has 0 aliphatic heterocycles. The minimum Gasteiger partial charge on any atom is -0.293 e. The fraction of sp³-hybridized carbons (Fsp3) is 0.500. The third kappa shape index (κ3) is 3.21. The molecule has 9 heteroatoms. The Labute approximate surface area is 144 Å². The molecule has 0 spiro atoms. The third-order valence-electron chi connectivity index (χ3n) is 4.55. The number of aromatic amines is 1. The summed E-state index contributed by atoms with van der Waals surface area (Å²) in [5.74, 6) is 1.31. The first-order valence-electron chi connectivity index (χ1n) is 8.55. The van der Waals surface area contributed by atoms with Crippen LogP contribution < -0.4 is 0 Å².